The third-order valence-corrected chi connectivity index (χ3v) is 10.9. The van der Waals surface area contributed by atoms with Gasteiger partial charge in [0.15, 0.2) is 0 Å². The quantitative estimate of drug-likeness (QED) is 0.0239. The van der Waals surface area contributed by atoms with Gasteiger partial charge in [-0.15, -0.1) is 0 Å². The van der Waals surface area contributed by atoms with Crippen molar-refractivity contribution in [3.8, 4) is 34.1 Å². The molecule has 0 radical (unpaired) electrons. The molecule has 0 aliphatic carbocycles. The SMILES string of the molecule is O=C(Oc1ccc(OC(=O)c2ccc3cc(OCCCCCCOCC4CO4)ccc3c2)c(-c2ccccc2)c1)c1ccc2cc(OCCCCCCOCC3CO3)ccc2c1. The first-order valence-electron chi connectivity index (χ1n) is 21.9. The van der Waals surface area contributed by atoms with Crippen molar-refractivity contribution in [2.75, 3.05) is 52.9 Å². The van der Waals surface area contributed by atoms with Crippen molar-refractivity contribution < 1.29 is 47.5 Å². The number of hydrogen-bond donors (Lipinski definition) is 0. The average Bonchev–Trinajstić information content (AvgIpc) is 4.26. The lowest BCUT2D eigenvalue weighted by Crippen LogP contribution is -2.10. The molecular formula is C52H54O10. The Labute approximate surface area is 362 Å². The zero-order valence-corrected chi connectivity index (χ0v) is 35.1. The van der Waals surface area contributed by atoms with Crippen LogP contribution in [0.15, 0.2) is 121 Å². The van der Waals surface area contributed by atoms with Gasteiger partial charge < -0.3 is 37.9 Å². The molecule has 322 valence electrons. The number of carbonyl (C=O) groups is 2. The monoisotopic (exact) mass is 838 g/mol. The van der Waals surface area contributed by atoms with Gasteiger partial charge in [-0.1, -0.05) is 67.4 Å². The molecule has 0 bridgehead atoms. The molecule has 2 unspecified atom stereocenters. The summed E-state index contributed by atoms with van der Waals surface area (Å²) >= 11 is 0. The lowest BCUT2D eigenvalue weighted by Gasteiger charge is -2.13. The number of fused-ring (bicyclic) bond motifs is 2. The lowest BCUT2D eigenvalue weighted by atomic mass is 10.0. The minimum Gasteiger partial charge on any atom is -0.494 e. The van der Waals surface area contributed by atoms with Crippen LogP contribution in [-0.2, 0) is 18.9 Å². The Morgan fingerprint density at radius 3 is 1.47 bits per heavy atom. The smallest absolute Gasteiger partial charge is 0.343 e. The first-order chi connectivity index (χ1) is 30.5. The van der Waals surface area contributed by atoms with Gasteiger partial charge in [-0.05, 0) is 132 Å². The van der Waals surface area contributed by atoms with E-state index in [0.29, 0.717) is 66.8 Å². The highest BCUT2D eigenvalue weighted by atomic mass is 16.6. The first kappa shape index (κ1) is 42.9. The molecule has 10 heteroatoms. The third-order valence-electron chi connectivity index (χ3n) is 10.9. The van der Waals surface area contributed by atoms with Crippen LogP contribution in [0, 0.1) is 0 Å². The zero-order chi connectivity index (χ0) is 42.4. The minimum atomic E-state index is -0.498. The lowest BCUT2D eigenvalue weighted by molar-refractivity contribution is 0.0720. The van der Waals surface area contributed by atoms with Crippen molar-refractivity contribution in [1.82, 2.24) is 0 Å². The largest absolute Gasteiger partial charge is 0.494 e. The van der Waals surface area contributed by atoms with E-state index in [1.165, 1.54) is 0 Å². The van der Waals surface area contributed by atoms with Crippen LogP contribution in [0.1, 0.15) is 72.1 Å². The number of esters is 2. The number of carbonyl (C=O) groups excluding carboxylic acids is 2. The van der Waals surface area contributed by atoms with E-state index in [0.717, 1.165) is 116 Å². The number of hydrogen-bond acceptors (Lipinski definition) is 10. The molecule has 2 saturated heterocycles. The van der Waals surface area contributed by atoms with E-state index in [1.54, 1.807) is 30.3 Å². The van der Waals surface area contributed by atoms with Gasteiger partial charge in [0.2, 0.25) is 0 Å². The van der Waals surface area contributed by atoms with E-state index in [1.807, 2.05) is 91.0 Å². The van der Waals surface area contributed by atoms with E-state index in [2.05, 4.69) is 0 Å². The standard InChI is InChI=1S/C52H54O10/c53-51(42-16-14-40-30-44(20-18-38(40)28-42)57-26-10-3-1-8-24-55-33-47-35-59-47)61-46-22-23-50(49(32-46)37-12-6-5-7-13-37)62-52(54)43-17-15-41-31-45(21-19-39(41)29-43)58-27-11-4-2-9-25-56-34-48-36-60-48/h5-7,12-23,28-32,47-48H,1-4,8-11,24-27,33-36H2. The van der Waals surface area contributed by atoms with Crippen LogP contribution >= 0.6 is 0 Å². The molecule has 0 saturated carbocycles. The first-order valence-corrected chi connectivity index (χ1v) is 21.9. The molecule has 2 atom stereocenters. The Kier molecular flexibility index (Phi) is 15.1. The van der Waals surface area contributed by atoms with Crippen LogP contribution in [0.25, 0.3) is 32.7 Å². The molecule has 0 amide bonds. The summed E-state index contributed by atoms with van der Waals surface area (Å²) in [6.45, 7) is 5.93. The number of epoxide rings is 2. The molecule has 2 fully saturated rings. The molecule has 2 aliphatic heterocycles. The highest BCUT2D eigenvalue weighted by Crippen LogP contribution is 2.35. The fraction of sp³-hybridized carbons (Fsp3) is 0.346. The van der Waals surface area contributed by atoms with Crippen LogP contribution in [0.2, 0.25) is 0 Å². The Balaban J connectivity index is 0.833. The third kappa shape index (κ3) is 12.9. The maximum absolute atomic E-state index is 13.6. The van der Waals surface area contributed by atoms with Crippen LogP contribution in [-0.4, -0.2) is 77.0 Å². The molecule has 0 aromatic heterocycles. The van der Waals surface area contributed by atoms with Crippen molar-refractivity contribution in [3.63, 3.8) is 0 Å². The second-order valence-corrected chi connectivity index (χ2v) is 15.8. The summed E-state index contributed by atoms with van der Waals surface area (Å²) < 4.78 is 45.5. The second kappa shape index (κ2) is 21.8. The normalized spacial score (nSPS) is 15.4. The fourth-order valence-corrected chi connectivity index (χ4v) is 7.17. The Morgan fingerprint density at radius 1 is 0.468 bits per heavy atom. The summed E-state index contributed by atoms with van der Waals surface area (Å²) in [7, 11) is 0. The molecular weight excluding hydrogens is 785 g/mol. The molecule has 6 aromatic rings. The van der Waals surface area contributed by atoms with Gasteiger partial charge in [0.05, 0.1) is 50.8 Å². The summed E-state index contributed by atoms with van der Waals surface area (Å²) in [6.07, 6.45) is 9.06. The fourth-order valence-electron chi connectivity index (χ4n) is 7.17. The van der Waals surface area contributed by atoms with Crippen LogP contribution in [0.3, 0.4) is 0 Å². The van der Waals surface area contributed by atoms with Gasteiger partial charge in [-0.2, -0.15) is 0 Å². The van der Waals surface area contributed by atoms with E-state index in [4.69, 9.17) is 37.9 Å². The van der Waals surface area contributed by atoms with Crippen molar-refractivity contribution in [1.29, 1.82) is 0 Å². The topological polar surface area (TPSA) is 115 Å². The van der Waals surface area contributed by atoms with E-state index in [-0.39, 0.29) is 0 Å². The van der Waals surface area contributed by atoms with Gasteiger partial charge in [0, 0.05) is 18.8 Å². The van der Waals surface area contributed by atoms with Crippen LogP contribution in [0.5, 0.6) is 23.0 Å². The maximum atomic E-state index is 13.6. The highest BCUT2D eigenvalue weighted by Gasteiger charge is 2.23. The van der Waals surface area contributed by atoms with Crippen LogP contribution in [0.4, 0.5) is 0 Å². The maximum Gasteiger partial charge on any atom is 0.343 e. The second-order valence-electron chi connectivity index (χ2n) is 15.8. The minimum absolute atomic E-state index is 0.319. The van der Waals surface area contributed by atoms with E-state index < -0.39 is 11.9 Å². The summed E-state index contributed by atoms with van der Waals surface area (Å²) in [5.41, 5.74) is 2.25. The Bertz CT molecular complexity index is 2410. The molecule has 2 aliphatic rings. The van der Waals surface area contributed by atoms with Crippen molar-refractivity contribution in [2.45, 2.75) is 63.6 Å². The zero-order valence-electron chi connectivity index (χ0n) is 35.1. The predicted octanol–water partition coefficient (Wildman–Crippen LogP) is 10.8. The molecule has 8 rings (SSSR count). The summed E-state index contributed by atoms with van der Waals surface area (Å²) in [5, 5.41) is 3.73. The van der Waals surface area contributed by atoms with Gasteiger partial charge in [0.1, 0.15) is 35.2 Å². The molecule has 0 N–H and O–H groups in total. The number of unbranched alkanes of at least 4 members (excludes halogenated alkanes) is 6. The number of ether oxygens (including phenoxy) is 8. The van der Waals surface area contributed by atoms with Gasteiger partial charge in [-0.3, -0.25) is 0 Å². The summed E-state index contributed by atoms with van der Waals surface area (Å²) in [4.78, 5) is 27.0. The van der Waals surface area contributed by atoms with Crippen molar-refractivity contribution in [2.24, 2.45) is 0 Å². The highest BCUT2D eigenvalue weighted by molar-refractivity contribution is 5.98. The van der Waals surface area contributed by atoms with Crippen molar-refractivity contribution in [3.05, 3.63) is 132 Å². The number of rotatable bonds is 25. The molecule has 2 heterocycles. The van der Waals surface area contributed by atoms with Crippen LogP contribution < -0.4 is 18.9 Å². The molecule has 62 heavy (non-hydrogen) atoms. The molecule has 6 aromatic carbocycles. The van der Waals surface area contributed by atoms with Crippen molar-refractivity contribution >= 4 is 33.5 Å². The Morgan fingerprint density at radius 2 is 0.935 bits per heavy atom. The predicted molar refractivity (Wildman–Crippen MR) is 239 cm³/mol. The summed E-state index contributed by atoms with van der Waals surface area (Å²) in [6, 6.07) is 37.3. The number of benzene rings is 6. The van der Waals surface area contributed by atoms with E-state index in [9.17, 15) is 9.59 Å². The molecule has 10 nitrogen and oxygen atoms in total. The Hall–Kier alpha value is -5.78. The molecule has 0 spiro atoms. The van der Waals surface area contributed by atoms with Gasteiger partial charge in [-0.25, -0.2) is 9.59 Å². The average molecular weight is 839 g/mol. The van der Waals surface area contributed by atoms with Gasteiger partial charge >= 0.3 is 11.9 Å². The van der Waals surface area contributed by atoms with E-state index >= 15 is 0 Å². The summed E-state index contributed by atoms with van der Waals surface area (Å²) in [5.74, 6) is 1.27. The van der Waals surface area contributed by atoms with Gasteiger partial charge in [0.25, 0.3) is 0 Å².